The van der Waals surface area contributed by atoms with Gasteiger partial charge >= 0.3 is 0 Å². The summed E-state index contributed by atoms with van der Waals surface area (Å²) in [5.74, 6) is 0.722. The van der Waals surface area contributed by atoms with E-state index in [9.17, 15) is 4.79 Å². The van der Waals surface area contributed by atoms with Crippen LogP contribution in [0.15, 0.2) is 24.3 Å². The van der Waals surface area contributed by atoms with Gasteiger partial charge < -0.3 is 4.90 Å². The molecule has 29 heavy (non-hydrogen) atoms. The van der Waals surface area contributed by atoms with Gasteiger partial charge in [0.15, 0.2) is 5.82 Å². The molecule has 4 rings (SSSR count). The molecule has 0 bridgehead atoms. The zero-order chi connectivity index (χ0) is 20.2. The standard InChI is InChI=1S/C22H32N6O/c1-3-5-20(16(2)29)21(22-23-25-26-24-22)14-17-7-9-18(10-8-17)28-13-12-27-11-4-6-19(27)15-28/h7-10,19-21H,3-6,11-15H2,1-2H3,(H,23,24,25,26)/t19?,20-,21+/m1/s1. The maximum Gasteiger partial charge on any atom is 0.178 e. The van der Waals surface area contributed by atoms with Gasteiger partial charge in [-0.25, -0.2) is 0 Å². The van der Waals surface area contributed by atoms with Crippen LogP contribution in [0.2, 0.25) is 0 Å². The maximum atomic E-state index is 12.3. The number of hydrogen-bond donors (Lipinski definition) is 1. The van der Waals surface area contributed by atoms with E-state index >= 15 is 0 Å². The largest absolute Gasteiger partial charge is 0.369 e. The Hall–Kier alpha value is -2.28. The Morgan fingerprint density at radius 1 is 1.24 bits per heavy atom. The zero-order valence-electron chi connectivity index (χ0n) is 17.5. The Bertz CT molecular complexity index is 790. The second kappa shape index (κ2) is 9.03. The SMILES string of the molecule is CCC[C@H](C(C)=O)[C@H](Cc1ccc(N2CCN3CCCC3C2)cc1)c1nn[nH]n1. The molecule has 0 radical (unpaired) electrons. The average Bonchev–Trinajstić information content (AvgIpc) is 3.42. The van der Waals surface area contributed by atoms with Crippen LogP contribution in [0.3, 0.4) is 0 Å². The number of ketones is 1. The number of tetrazole rings is 1. The van der Waals surface area contributed by atoms with E-state index < -0.39 is 0 Å². The van der Waals surface area contributed by atoms with Crippen LogP contribution in [-0.2, 0) is 11.2 Å². The maximum absolute atomic E-state index is 12.3. The molecule has 1 aromatic heterocycles. The van der Waals surface area contributed by atoms with Crippen molar-refractivity contribution in [2.45, 2.75) is 57.9 Å². The Labute approximate surface area is 172 Å². The van der Waals surface area contributed by atoms with Crippen LogP contribution in [0.25, 0.3) is 0 Å². The second-order valence-electron chi connectivity index (χ2n) is 8.53. The van der Waals surface area contributed by atoms with Crippen LogP contribution in [0.5, 0.6) is 0 Å². The van der Waals surface area contributed by atoms with Gasteiger partial charge in [-0.2, -0.15) is 5.21 Å². The number of aromatic nitrogens is 4. The van der Waals surface area contributed by atoms with Crippen LogP contribution >= 0.6 is 0 Å². The van der Waals surface area contributed by atoms with E-state index in [1.807, 2.05) is 0 Å². The molecule has 3 heterocycles. The molecule has 0 amide bonds. The van der Waals surface area contributed by atoms with E-state index in [0.717, 1.165) is 38.4 Å². The Morgan fingerprint density at radius 3 is 2.76 bits per heavy atom. The van der Waals surface area contributed by atoms with Crippen molar-refractivity contribution in [3.63, 3.8) is 0 Å². The monoisotopic (exact) mass is 396 g/mol. The lowest BCUT2D eigenvalue weighted by Gasteiger charge is -2.38. The second-order valence-corrected chi connectivity index (χ2v) is 8.53. The van der Waals surface area contributed by atoms with E-state index in [1.165, 1.54) is 37.2 Å². The van der Waals surface area contributed by atoms with Crippen molar-refractivity contribution in [1.29, 1.82) is 0 Å². The van der Waals surface area contributed by atoms with Gasteiger partial charge in [0.2, 0.25) is 0 Å². The number of anilines is 1. The van der Waals surface area contributed by atoms with Gasteiger partial charge in [0, 0.05) is 43.2 Å². The summed E-state index contributed by atoms with van der Waals surface area (Å²) >= 11 is 0. The van der Waals surface area contributed by atoms with Crippen LogP contribution in [0.4, 0.5) is 5.69 Å². The summed E-state index contributed by atoms with van der Waals surface area (Å²) in [5.41, 5.74) is 2.51. The average molecular weight is 397 g/mol. The van der Waals surface area contributed by atoms with Crippen molar-refractivity contribution in [2.75, 3.05) is 31.1 Å². The molecule has 2 fully saturated rings. The molecule has 0 aliphatic carbocycles. The van der Waals surface area contributed by atoms with E-state index in [1.54, 1.807) is 6.92 Å². The minimum atomic E-state index is -0.0762. The van der Waals surface area contributed by atoms with Gasteiger partial charge in [-0.1, -0.05) is 30.7 Å². The molecule has 156 valence electrons. The first kappa shape index (κ1) is 20.0. The molecule has 1 N–H and O–H groups in total. The highest BCUT2D eigenvalue weighted by molar-refractivity contribution is 5.79. The predicted octanol–water partition coefficient (Wildman–Crippen LogP) is 2.82. The van der Waals surface area contributed by atoms with Gasteiger partial charge in [0.05, 0.1) is 0 Å². The number of Topliss-reactive ketones (excluding diaryl/α,β-unsaturated/α-hetero) is 1. The van der Waals surface area contributed by atoms with Crippen molar-refractivity contribution in [2.24, 2.45) is 5.92 Å². The molecule has 2 aliphatic heterocycles. The number of benzene rings is 1. The third kappa shape index (κ3) is 4.50. The fourth-order valence-corrected chi connectivity index (χ4v) is 5.06. The zero-order valence-corrected chi connectivity index (χ0v) is 17.5. The first-order valence-corrected chi connectivity index (χ1v) is 11.0. The highest BCUT2D eigenvalue weighted by atomic mass is 16.1. The molecule has 1 aromatic carbocycles. The summed E-state index contributed by atoms with van der Waals surface area (Å²) in [5, 5.41) is 14.7. The Kier molecular flexibility index (Phi) is 6.23. The molecule has 2 saturated heterocycles. The molecule has 2 aliphatic rings. The summed E-state index contributed by atoms with van der Waals surface area (Å²) < 4.78 is 0. The van der Waals surface area contributed by atoms with Crippen LogP contribution in [0, 0.1) is 5.92 Å². The summed E-state index contributed by atoms with van der Waals surface area (Å²) in [6.45, 7) is 8.47. The number of carbonyl (C=O) groups is 1. The Balaban J connectivity index is 1.47. The highest BCUT2D eigenvalue weighted by Crippen LogP contribution is 2.31. The lowest BCUT2D eigenvalue weighted by molar-refractivity contribution is -0.121. The fraction of sp³-hybridized carbons (Fsp3) is 0.636. The van der Waals surface area contributed by atoms with Gasteiger partial charge in [0.1, 0.15) is 5.78 Å². The summed E-state index contributed by atoms with van der Waals surface area (Å²) in [4.78, 5) is 17.5. The summed E-state index contributed by atoms with van der Waals surface area (Å²) in [6, 6.07) is 9.58. The molecular formula is C22H32N6O. The minimum Gasteiger partial charge on any atom is -0.369 e. The third-order valence-electron chi connectivity index (χ3n) is 6.65. The normalized spacial score (nSPS) is 21.7. The fourth-order valence-electron chi connectivity index (χ4n) is 5.06. The van der Waals surface area contributed by atoms with Crippen molar-refractivity contribution < 1.29 is 4.79 Å². The number of nitrogens with zero attached hydrogens (tertiary/aromatic N) is 5. The lowest BCUT2D eigenvalue weighted by atomic mass is 9.81. The number of carbonyl (C=O) groups excluding carboxylic acids is 1. The number of rotatable bonds is 8. The molecule has 7 heteroatoms. The Morgan fingerprint density at radius 2 is 2.07 bits per heavy atom. The number of nitrogens with one attached hydrogen (secondary N) is 1. The molecule has 1 unspecified atom stereocenters. The molecule has 0 spiro atoms. The van der Waals surface area contributed by atoms with Gasteiger partial charge in [-0.15, -0.1) is 10.2 Å². The topological polar surface area (TPSA) is 78.0 Å². The van der Waals surface area contributed by atoms with Crippen molar-refractivity contribution in [3.05, 3.63) is 35.7 Å². The molecule has 0 saturated carbocycles. The van der Waals surface area contributed by atoms with Gasteiger partial charge in [0.25, 0.3) is 0 Å². The van der Waals surface area contributed by atoms with Crippen molar-refractivity contribution >= 4 is 11.5 Å². The first-order chi connectivity index (χ1) is 14.2. The van der Waals surface area contributed by atoms with Crippen LogP contribution < -0.4 is 4.90 Å². The number of aromatic amines is 1. The lowest BCUT2D eigenvalue weighted by Crippen LogP contribution is -2.50. The quantitative estimate of drug-likeness (QED) is 0.739. The van der Waals surface area contributed by atoms with E-state index in [2.05, 4.69) is 61.6 Å². The number of piperazine rings is 1. The number of hydrogen-bond acceptors (Lipinski definition) is 6. The minimum absolute atomic E-state index is 0.0425. The molecule has 7 nitrogen and oxygen atoms in total. The van der Waals surface area contributed by atoms with Crippen molar-refractivity contribution in [3.8, 4) is 0 Å². The molecule has 2 aromatic rings. The first-order valence-electron chi connectivity index (χ1n) is 11.0. The predicted molar refractivity (Wildman–Crippen MR) is 113 cm³/mol. The molecule has 3 atom stereocenters. The molecular weight excluding hydrogens is 364 g/mol. The van der Waals surface area contributed by atoms with E-state index in [4.69, 9.17) is 0 Å². The third-order valence-corrected chi connectivity index (χ3v) is 6.65. The smallest absolute Gasteiger partial charge is 0.178 e. The van der Waals surface area contributed by atoms with Crippen molar-refractivity contribution in [1.82, 2.24) is 25.5 Å². The van der Waals surface area contributed by atoms with Gasteiger partial charge in [-0.05, 0) is 56.8 Å². The van der Waals surface area contributed by atoms with E-state index in [-0.39, 0.29) is 17.6 Å². The number of H-pyrrole nitrogens is 1. The summed E-state index contributed by atoms with van der Waals surface area (Å²) in [6.07, 6.45) is 5.22. The highest BCUT2D eigenvalue weighted by Gasteiger charge is 2.31. The van der Waals surface area contributed by atoms with Crippen LogP contribution in [0.1, 0.15) is 56.8 Å². The van der Waals surface area contributed by atoms with E-state index in [0.29, 0.717) is 5.82 Å². The van der Waals surface area contributed by atoms with Gasteiger partial charge in [-0.3, -0.25) is 9.69 Å². The number of fused-ring (bicyclic) bond motifs is 1. The van der Waals surface area contributed by atoms with Crippen LogP contribution in [-0.4, -0.2) is 63.5 Å². The summed E-state index contributed by atoms with van der Waals surface area (Å²) in [7, 11) is 0.